The van der Waals surface area contributed by atoms with E-state index >= 15 is 0 Å². The van der Waals surface area contributed by atoms with Crippen molar-refractivity contribution in [3.8, 4) is 5.75 Å². The summed E-state index contributed by atoms with van der Waals surface area (Å²) in [5.41, 5.74) is 1.01. The van der Waals surface area contributed by atoms with Crippen LogP contribution in [-0.4, -0.2) is 29.9 Å². The number of nitrogens with one attached hydrogen (secondary N) is 1. The minimum Gasteiger partial charge on any atom is -0.497 e. The standard InChI is InChI=1S/C13H14N2O4/c1-7-10(12(16)17)11(15-13(18)14-7)8-3-5-9(19-2)6-4-8/h3-6,10-11H,1-2H3,(H,15,18)(H,16,17)/t10-,11+/m1/s1. The lowest BCUT2D eigenvalue weighted by atomic mass is 9.88. The van der Waals surface area contributed by atoms with E-state index in [0.717, 1.165) is 0 Å². The number of carboxylic acids is 1. The average molecular weight is 262 g/mol. The van der Waals surface area contributed by atoms with E-state index in [1.807, 2.05) is 0 Å². The van der Waals surface area contributed by atoms with Gasteiger partial charge in [0.2, 0.25) is 0 Å². The molecule has 0 saturated carbocycles. The quantitative estimate of drug-likeness (QED) is 0.866. The molecule has 0 bridgehead atoms. The molecule has 0 radical (unpaired) electrons. The Kier molecular flexibility index (Phi) is 3.50. The lowest BCUT2D eigenvalue weighted by Crippen LogP contribution is -2.43. The zero-order chi connectivity index (χ0) is 14.0. The van der Waals surface area contributed by atoms with Gasteiger partial charge in [-0.15, -0.1) is 0 Å². The van der Waals surface area contributed by atoms with Crippen LogP contribution in [-0.2, 0) is 4.79 Å². The van der Waals surface area contributed by atoms with Gasteiger partial charge in [0.1, 0.15) is 11.7 Å². The van der Waals surface area contributed by atoms with Crippen LogP contribution in [0, 0.1) is 5.92 Å². The fourth-order valence-corrected chi connectivity index (χ4v) is 2.13. The molecule has 6 heteroatoms. The number of rotatable bonds is 3. The highest BCUT2D eigenvalue weighted by atomic mass is 16.5. The molecule has 0 unspecified atom stereocenters. The molecule has 1 aliphatic heterocycles. The molecule has 1 heterocycles. The molecule has 0 saturated heterocycles. The highest BCUT2D eigenvalue weighted by Gasteiger charge is 2.36. The zero-order valence-electron chi connectivity index (χ0n) is 10.6. The van der Waals surface area contributed by atoms with Crippen molar-refractivity contribution in [3.05, 3.63) is 29.8 Å². The van der Waals surface area contributed by atoms with E-state index in [0.29, 0.717) is 17.0 Å². The van der Waals surface area contributed by atoms with Gasteiger partial charge in [-0.25, -0.2) is 9.79 Å². The summed E-state index contributed by atoms with van der Waals surface area (Å²) in [7, 11) is 1.55. The molecular weight excluding hydrogens is 248 g/mol. The molecule has 1 aromatic carbocycles. The Morgan fingerprint density at radius 3 is 2.53 bits per heavy atom. The van der Waals surface area contributed by atoms with Crippen LogP contribution in [0.5, 0.6) is 5.75 Å². The van der Waals surface area contributed by atoms with Gasteiger partial charge in [-0.2, -0.15) is 0 Å². The second kappa shape index (κ2) is 5.09. The monoisotopic (exact) mass is 262 g/mol. The van der Waals surface area contributed by atoms with Crippen molar-refractivity contribution in [1.82, 2.24) is 5.32 Å². The maximum absolute atomic E-state index is 11.4. The number of carboxylic acid groups (broad SMARTS) is 1. The van der Waals surface area contributed by atoms with Gasteiger partial charge in [0.15, 0.2) is 0 Å². The zero-order valence-corrected chi connectivity index (χ0v) is 10.6. The van der Waals surface area contributed by atoms with E-state index in [1.54, 1.807) is 38.3 Å². The Balaban J connectivity index is 2.37. The minimum absolute atomic E-state index is 0.303. The summed E-state index contributed by atoms with van der Waals surface area (Å²) in [5.74, 6) is -1.20. The van der Waals surface area contributed by atoms with Gasteiger partial charge in [-0.1, -0.05) is 12.1 Å². The van der Waals surface area contributed by atoms with Gasteiger partial charge in [-0.3, -0.25) is 4.79 Å². The molecule has 0 fully saturated rings. The number of nitrogens with zero attached hydrogens (tertiary/aromatic N) is 1. The smallest absolute Gasteiger partial charge is 0.341 e. The summed E-state index contributed by atoms with van der Waals surface area (Å²) >= 11 is 0. The summed E-state index contributed by atoms with van der Waals surface area (Å²) in [4.78, 5) is 26.4. The normalized spacial score (nSPS) is 22.4. The van der Waals surface area contributed by atoms with Gasteiger partial charge in [0.25, 0.3) is 0 Å². The number of hydrogen-bond acceptors (Lipinski definition) is 3. The number of aliphatic imine (C=N–C) groups is 1. The number of carbonyl (C=O) groups is 2. The van der Waals surface area contributed by atoms with Gasteiger partial charge in [0, 0.05) is 5.71 Å². The first kappa shape index (κ1) is 13.1. The molecule has 0 aromatic heterocycles. The van der Waals surface area contributed by atoms with Crippen LogP contribution in [0.25, 0.3) is 0 Å². The third-order valence-electron chi connectivity index (χ3n) is 3.08. The lowest BCUT2D eigenvalue weighted by Gasteiger charge is -2.28. The number of carbonyl (C=O) groups excluding carboxylic acids is 1. The molecule has 0 spiro atoms. The summed E-state index contributed by atoms with van der Waals surface area (Å²) in [5, 5.41) is 11.9. The maximum atomic E-state index is 11.4. The Morgan fingerprint density at radius 1 is 1.37 bits per heavy atom. The number of ether oxygens (including phenoxy) is 1. The van der Waals surface area contributed by atoms with Crippen LogP contribution in [0.4, 0.5) is 4.79 Å². The van der Waals surface area contributed by atoms with Crippen LogP contribution in [0.1, 0.15) is 18.5 Å². The third-order valence-corrected chi connectivity index (χ3v) is 3.08. The molecule has 2 N–H and O–H groups in total. The molecule has 2 atom stereocenters. The van der Waals surface area contributed by atoms with Gasteiger partial charge in [0.05, 0.1) is 13.2 Å². The van der Waals surface area contributed by atoms with Gasteiger partial charge < -0.3 is 15.2 Å². The van der Waals surface area contributed by atoms with Crippen LogP contribution < -0.4 is 10.1 Å². The first-order chi connectivity index (χ1) is 9.02. The lowest BCUT2D eigenvalue weighted by molar-refractivity contribution is -0.140. The molecule has 19 heavy (non-hydrogen) atoms. The highest BCUT2D eigenvalue weighted by molar-refractivity contribution is 6.07. The van der Waals surface area contributed by atoms with E-state index in [-0.39, 0.29) is 0 Å². The number of methoxy groups -OCH3 is 1. The Labute approximate surface area is 110 Å². The van der Waals surface area contributed by atoms with Gasteiger partial charge in [-0.05, 0) is 24.6 Å². The first-order valence-electron chi connectivity index (χ1n) is 5.75. The first-order valence-corrected chi connectivity index (χ1v) is 5.75. The predicted octanol–water partition coefficient (Wildman–Crippen LogP) is 1.62. The number of hydrogen-bond donors (Lipinski definition) is 2. The number of urea groups is 1. The Hall–Kier alpha value is -2.37. The predicted molar refractivity (Wildman–Crippen MR) is 68.5 cm³/mol. The fraction of sp³-hybridized carbons (Fsp3) is 0.308. The van der Waals surface area contributed by atoms with Gasteiger partial charge >= 0.3 is 12.0 Å². The Bertz CT molecular complexity index is 536. The van der Waals surface area contributed by atoms with Crippen molar-refractivity contribution in [2.24, 2.45) is 10.9 Å². The third kappa shape index (κ3) is 2.57. The largest absolute Gasteiger partial charge is 0.497 e. The summed E-state index contributed by atoms with van der Waals surface area (Å²) in [6, 6.07) is 5.78. The highest BCUT2D eigenvalue weighted by Crippen LogP contribution is 2.28. The van der Waals surface area contributed by atoms with Crippen molar-refractivity contribution in [2.45, 2.75) is 13.0 Å². The van der Waals surface area contributed by atoms with E-state index in [2.05, 4.69) is 10.3 Å². The molecule has 0 aliphatic carbocycles. The summed E-state index contributed by atoms with van der Waals surface area (Å²) in [6.07, 6.45) is 0. The SMILES string of the molecule is COc1ccc([C@@H]2NC(=O)N=C(C)[C@H]2C(=O)O)cc1. The van der Waals surface area contributed by atoms with Crippen molar-refractivity contribution in [1.29, 1.82) is 0 Å². The number of amides is 2. The minimum atomic E-state index is -1.01. The molecule has 1 aliphatic rings. The molecule has 6 nitrogen and oxygen atoms in total. The molecule has 2 amide bonds. The maximum Gasteiger partial charge on any atom is 0.341 e. The van der Waals surface area contributed by atoms with E-state index in [9.17, 15) is 14.7 Å². The van der Waals surface area contributed by atoms with Crippen molar-refractivity contribution in [3.63, 3.8) is 0 Å². The second-order valence-corrected chi connectivity index (χ2v) is 4.27. The number of aliphatic carboxylic acids is 1. The van der Waals surface area contributed by atoms with E-state index in [1.165, 1.54) is 0 Å². The van der Waals surface area contributed by atoms with Crippen LogP contribution in [0.3, 0.4) is 0 Å². The van der Waals surface area contributed by atoms with Crippen LogP contribution in [0.2, 0.25) is 0 Å². The molecular formula is C13H14N2O4. The van der Waals surface area contributed by atoms with E-state index < -0.39 is 24.0 Å². The topological polar surface area (TPSA) is 88.0 Å². The summed E-state index contributed by atoms with van der Waals surface area (Å²) < 4.78 is 5.05. The average Bonchev–Trinajstić information content (AvgIpc) is 2.37. The Morgan fingerprint density at radius 2 is 2.00 bits per heavy atom. The molecule has 2 rings (SSSR count). The van der Waals surface area contributed by atoms with Crippen LogP contribution >= 0.6 is 0 Å². The number of benzene rings is 1. The second-order valence-electron chi connectivity index (χ2n) is 4.27. The van der Waals surface area contributed by atoms with Crippen molar-refractivity contribution < 1.29 is 19.4 Å². The van der Waals surface area contributed by atoms with Crippen LogP contribution in [0.15, 0.2) is 29.3 Å². The van der Waals surface area contributed by atoms with E-state index in [4.69, 9.17) is 4.74 Å². The molecule has 100 valence electrons. The fourth-order valence-electron chi connectivity index (χ4n) is 2.13. The molecule has 1 aromatic rings. The van der Waals surface area contributed by atoms with Crippen molar-refractivity contribution in [2.75, 3.05) is 7.11 Å². The summed E-state index contributed by atoms with van der Waals surface area (Å²) in [6.45, 7) is 1.55. The van der Waals surface area contributed by atoms with Crippen molar-refractivity contribution >= 4 is 17.7 Å².